The van der Waals surface area contributed by atoms with Crippen molar-refractivity contribution in [3.05, 3.63) is 65.2 Å². The normalized spacial score (nSPS) is 21.9. The van der Waals surface area contributed by atoms with Gasteiger partial charge in [0.25, 0.3) is 5.91 Å². The van der Waals surface area contributed by atoms with Crippen molar-refractivity contribution >= 4 is 39.5 Å². The van der Waals surface area contributed by atoms with Gasteiger partial charge in [-0.05, 0) is 25.1 Å². The number of urea groups is 1. The van der Waals surface area contributed by atoms with Crippen LogP contribution in [0.2, 0.25) is 5.02 Å². The fraction of sp³-hybridized carbons (Fsp3) is 0.318. The maximum atomic E-state index is 13.1. The highest BCUT2D eigenvalue weighted by molar-refractivity contribution is 7.89. The van der Waals surface area contributed by atoms with Gasteiger partial charge in [0.2, 0.25) is 15.9 Å². The quantitative estimate of drug-likeness (QED) is 0.641. The summed E-state index contributed by atoms with van der Waals surface area (Å²) in [7, 11) is -3.65. The van der Waals surface area contributed by atoms with Gasteiger partial charge < -0.3 is 10.2 Å². The van der Waals surface area contributed by atoms with E-state index in [1.165, 1.54) is 21.3 Å². The lowest BCUT2D eigenvalue weighted by atomic mass is 9.92. The molecule has 1 atom stereocenters. The van der Waals surface area contributed by atoms with Gasteiger partial charge >= 0.3 is 6.03 Å². The van der Waals surface area contributed by atoms with E-state index in [4.69, 9.17) is 11.6 Å². The lowest BCUT2D eigenvalue weighted by Crippen LogP contribution is -2.53. The molecule has 0 saturated carbocycles. The van der Waals surface area contributed by atoms with Crippen LogP contribution < -0.4 is 5.32 Å². The summed E-state index contributed by atoms with van der Waals surface area (Å²) in [6.07, 6.45) is 0. The van der Waals surface area contributed by atoms with Gasteiger partial charge in [0.15, 0.2) is 0 Å². The van der Waals surface area contributed by atoms with Crippen molar-refractivity contribution in [2.75, 3.05) is 32.7 Å². The number of amides is 4. The van der Waals surface area contributed by atoms with E-state index in [0.29, 0.717) is 10.6 Å². The molecule has 174 valence electrons. The Balaban J connectivity index is 1.41. The van der Waals surface area contributed by atoms with Gasteiger partial charge in [0, 0.05) is 36.8 Å². The van der Waals surface area contributed by atoms with Crippen LogP contribution in [0.5, 0.6) is 0 Å². The average Bonchev–Trinajstić information content (AvgIpc) is 3.03. The lowest BCUT2D eigenvalue weighted by Gasteiger charge is -2.34. The first-order valence-electron chi connectivity index (χ1n) is 10.4. The SMILES string of the molecule is C[C@@]1(c2ccccc2Cl)NC(=O)N(CC(=O)N2CCN(S(=O)(=O)c3ccccc3)CC2)C1=O. The summed E-state index contributed by atoms with van der Waals surface area (Å²) in [5, 5.41) is 2.97. The Labute approximate surface area is 197 Å². The smallest absolute Gasteiger partial charge is 0.325 e. The molecule has 33 heavy (non-hydrogen) atoms. The second kappa shape index (κ2) is 8.77. The van der Waals surface area contributed by atoms with Crippen molar-refractivity contribution in [1.29, 1.82) is 0 Å². The fourth-order valence-electron chi connectivity index (χ4n) is 4.04. The van der Waals surface area contributed by atoms with Gasteiger partial charge in [-0.3, -0.25) is 14.5 Å². The molecule has 4 amide bonds. The predicted molar refractivity (Wildman–Crippen MR) is 121 cm³/mol. The molecule has 2 fully saturated rings. The molecule has 0 spiro atoms. The van der Waals surface area contributed by atoms with Gasteiger partial charge in [-0.25, -0.2) is 13.2 Å². The minimum absolute atomic E-state index is 0.125. The Bertz CT molecular complexity index is 1200. The molecule has 9 nitrogen and oxygen atoms in total. The topological polar surface area (TPSA) is 107 Å². The molecule has 2 aromatic rings. The van der Waals surface area contributed by atoms with Gasteiger partial charge in [-0.2, -0.15) is 4.31 Å². The maximum Gasteiger partial charge on any atom is 0.325 e. The third-order valence-electron chi connectivity index (χ3n) is 5.95. The van der Waals surface area contributed by atoms with Crippen molar-refractivity contribution in [3.63, 3.8) is 0 Å². The van der Waals surface area contributed by atoms with E-state index >= 15 is 0 Å². The number of hydrogen-bond donors (Lipinski definition) is 1. The second-order valence-corrected chi connectivity index (χ2v) is 10.4. The van der Waals surface area contributed by atoms with Crippen molar-refractivity contribution in [3.8, 4) is 0 Å². The first-order valence-corrected chi connectivity index (χ1v) is 12.2. The summed E-state index contributed by atoms with van der Waals surface area (Å²) in [5.41, 5.74) is -0.933. The van der Waals surface area contributed by atoms with Crippen LogP contribution in [0.1, 0.15) is 12.5 Å². The molecular formula is C22H23ClN4O5S. The average molecular weight is 491 g/mol. The molecule has 0 aliphatic carbocycles. The third kappa shape index (κ3) is 4.21. The molecule has 0 bridgehead atoms. The summed E-state index contributed by atoms with van der Waals surface area (Å²) in [6, 6.07) is 14.1. The number of rotatable bonds is 5. The molecule has 2 aliphatic rings. The van der Waals surface area contributed by atoms with Crippen LogP contribution >= 0.6 is 11.6 Å². The van der Waals surface area contributed by atoms with Gasteiger partial charge in [0.1, 0.15) is 12.1 Å². The van der Waals surface area contributed by atoms with Gasteiger partial charge in [-0.15, -0.1) is 0 Å². The predicted octanol–water partition coefficient (Wildman–Crippen LogP) is 1.64. The van der Waals surface area contributed by atoms with Crippen LogP contribution in [0.15, 0.2) is 59.5 Å². The molecule has 0 aromatic heterocycles. The van der Waals surface area contributed by atoms with E-state index in [0.717, 1.165) is 4.90 Å². The molecule has 11 heteroatoms. The van der Waals surface area contributed by atoms with E-state index in [1.54, 1.807) is 49.4 Å². The van der Waals surface area contributed by atoms with Crippen molar-refractivity contribution in [2.24, 2.45) is 0 Å². The molecule has 4 rings (SSSR count). The number of carbonyl (C=O) groups is 3. The van der Waals surface area contributed by atoms with Crippen LogP contribution in [0.25, 0.3) is 0 Å². The highest BCUT2D eigenvalue weighted by Crippen LogP contribution is 2.33. The Kier molecular flexibility index (Phi) is 6.17. The molecule has 1 N–H and O–H groups in total. The number of piperazine rings is 1. The number of nitrogens with zero attached hydrogens (tertiary/aromatic N) is 3. The summed E-state index contributed by atoms with van der Waals surface area (Å²) in [6.45, 7) is 1.69. The Morgan fingerprint density at radius 3 is 2.24 bits per heavy atom. The molecule has 2 heterocycles. The zero-order valence-corrected chi connectivity index (χ0v) is 19.5. The van der Waals surface area contributed by atoms with E-state index < -0.39 is 40.0 Å². The summed E-state index contributed by atoms with van der Waals surface area (Å²) in [5.74, 6) is -1.00. The Morgan fingerprint density at radius 2 is 1.61 bits per heavy atom. The number of halogens is 1. The number of nitrogens with one attached hydrogen (secondary N) is 1. The van der Waals surface area contributed by atoms with Crippen LogP contribution in [0, 0.1) is 0 Å². The lowest BCUT2D eigenvalue weighted by molar-refractivity contribution is -0.139. The van der Waals surface area contributed by atoms with Crippen molar-refractivity contribution in [2.45, 2.75) is 17.4 Å². The summed E-state index contributed by atoms with van der Waals surface area (Å²) in [4.78, 5) is 41.0. The van der Waals surface area contributed by atoms with Crippen molar-refractivity contribution < 1.29 is 22.8 Å². The second-order valence-electron chi connectivity index (χ2n) is 8.02. The fourth-order valence-corrected chi connectivity index (χ4v) is 5.81. The Hall–Kier alpha value is -2.95. The zero-order valence-electron chi connectivity index (χ0n) is 17.9. The van der Waals surface area contributed by atoms with E-state index in [2.05, 4.69) is 5.32 Å². The summed E-state index contributed by atoms with van der Waals surface area (Å²) >= 11 is 6.23. The molecule has 0 radical (unpaired) electrons. The number of imide groups is 1. The minimum Gasteiger partial charge on any atom is -0.338 e. The number of sulfonamides is 1. The molecular weight excluding hydrogens is 468 g/mol. The third-order valence-corrected chi connectivity index (χ3v) is 8.20. The number of benzene rings is 2. The monoisotopic (exact) mass is 490 g/mol. The Morgan fingerprint density at radius 1 is 1.00 bits per heavy atom. The number of carbonyl (C=O) groups excluding carboxylic acids is 3. The highest BCUT2D eigenvalue weighted by atomic mass is 35.5. The molecule has 0 unspecified atom stereocenters. The largest absolute Gasteiger partial charge is 0.338 e. The van der Waals surface area contributed by atoms with Crippen LogP contribution in [-0.4, -0.2) is 73.1 Å². The standard InChI is InChI=1S/C22H23ClN4O5S/c1-22(17-9-5-6-10-18(17)23)20(29)27(21(30)24-22)15-19(28)25-11-13-26(14-12-25)33(31,32)16-7-3-2-4-8-16/h2-10H,11-15H2,1H3,(H,24,30)/t22-/m0/s1. The zero-order chi connectivity index (χ0) is 23.8. The van der Waals surface area contributed by atoms with E-state index in [9.17, 15) is 22.8 Å². The van der Waals surface area contributed by atoms with E-state index in [-0.39, 0.29) is 31.1 Å². The molecule has 2 saturated heterocycles. The van der Waals surface area contributed by atoms with Gasteiger partial charge in [0.05, 0.1) is 4.90 Å². The van der Waals surface area contributed by atoms with Crippen LogP contribution in [0.3, 0.4) is 0 Å². The van der Waals surface area contributed by atoms with Crippen LogP contribution in [-0.2, 0) is 25.2 Å². The maximum absolute atomic E-state index is 13.1. The van der Waals surface area contributed by atoms with Gasteiger partial charge in [-0.1, -0.05) is 48.0 Å². The van der Waals surface area contributed by atoms with Crippen molar-refractivity contribution in [1.82, 2.24) is 19.4 Å². The number of hydrogen-bond acceptors (Lipinski definition) is 5. The summed E-state index contributed by atoms with van der Waals surface area (Å²) < 4.78 is 26.9. The first kappa shape index (κ1) is 23.2. The van der Waals surface area contributed by atoms with Crippen LogP contribution in [0.4, 0.5) is 4.79 Å². The van der Waals surface area contributed by atoms with E-state index in [1.807, 2.05) is 0 Å². The highest BCUT2D eigenvalue weighted by Gasteiger charge is 2.50. The molecule has 2 aliphatic heterocycles. The first-order chi connectivity index (χ1) is 15.6. The molecule has 2 aromatic carbocycles. The minimum atomic E-state index is -3.65.